The molecule has 1 aromatic carbocycles. The van der Waals surface area contributed by atoms with Crippen molar-refractivity contribution >= 4 is 50.9 Å². The third-order valence-corrected chi connectivity index (χ3v) is 4.95. The SMILES string of the molecule is C=C1C(=O)N=C(n2nc(C)cc2NC(=O)c2nc3ccccc3s2)N=C1C. The fourth-order valence-electron chi connectivity index (χ4n) is 2.53. The highest BCUT2D eigenvalue weighted by Crippen LogP contribution is 2.23. The van der Waals surface area contributed by atoms with Crippen LogP contribution in [0.5, 0.6) is 0 Å². The van der Waals surface area contributed by atoms with Gasteiger partial charge in [-0.3, -0.25) is 9.59 Å². The maximum absolute atomic E-state index is 12.6. The highest BCUT2D eigenvalue weighted by Gasteiger charge is 2.22. The van der Waals surface area contributed by atoms with Crippen LogP contribution in [0.3, 0.4) is 0 Å². The van der Waals surface area contributed by atoms with E-state index in [1.165, 1.54) is 16.0 Å². The second-order valence-corrected chi connectivity index (χ2v) is 6.95. The van der Waals surface area contributed by atoms with Crippen LogP contribution >= 0.6 is 11.3 Å². The molecule has 8 nitrogen and oxygen atoms in total. The number of fused-ring (bicyclic) bond motifs is 1. The highest BCUT2D eigenvalue weighted by molar-refractivity contribution is 7.20. The van der Waals surface area contributed by atoms with Crippen molar-refractivity contribution in [3.05, 3.63) is 53.2 Å². The minimum absolute atomic E-state index is 0.0811. The third-order valence-electron chi connectivity index (χ3n) is 3.91. The van der Waals surface area contributed by atoms with Gasteiger partial charge in [-0.2, -0.15) is 14.8 Å². The van der Waals surface area contributed by atoms with Gasteiger partial charge in [0.25, 0.3) is 17.8 Å². The number of aromatic nitrogens is 3. The standard InChI is InChI=1S/C18H14N6O2S/c1-9-8-14(24(23-9)18-19-11(3)10(2)15(25)22-18)21-16(26)17-20-12-6-4-5-7-13(12)27-17/h4-8H,2H2,1,3H3,(H,21,26). The molecule has 0 fully saturated rings. The summed E-state index contributed by atoms with van der Waals surface area (Å²) >= 11 is 1.30. The molecule has 1 aliphatic rings. The van der Waals surface area contributed by atoms with Crippen LogP contribution in [-0.2, 0) is 4.79 Å². The molecule has 134 valence electrons. The molecule has 3 aromatic rings. The van der Waals surface area contributed by atoms with Crippen molar-refractivity contribution in [2.75, 3.05) is 5.32 Å². The quantitative estimate of drug-likeness (QED) is 0.693. The van der Waals surface area contributed by atoms with Crippen LogP contribution in [0, 0.1) is 6.92 Å². The summed E-state index contributed by atoms with van der Waals surface area (Å²) in [6.45, 7) is 7.09. The zero-order valence-corrected chi connectivity index (χ0v) is 15.4. The number of aliphatic imine (C=N–C) groups is 2. The summed E-state index contributed by atoms with van der Waals surface area (Å²) in [4.78, 5) is 37.1. The molecule has 0 radical (unpaired) electrons. The molecule has 1 N–H and O–H groups in total. The molecule has 27 heavy (non-hydrogen) atoms. The Morgan fingerprint density at radius 3 is 2.74 bits per heavy atom. The Labute approximate surface area is 158 Å². The summed E-state index contributed by atoms with van der Waals surface area (Å²) in [7, 11) is 0. The van der Waals surface area contributed by atoms with E-state index in [9.17, 15) is 9.59 Å². The lowest BCUT2D eigenvalue weighted by atomic mass is 10.2. The highest BCUT2D eigenvalue weighted by atomic mass is 32.1. The predicted molar refractivity (Wildman–Crippen MR) is 105 cm³/mol. The van der Waals surface area contributed by atoms with Crippen LogP contribution in [0.25, 0.3) is 10.2 Å². The van der Waals surface area contributed by atoms with E-state index < -0.39 is 5.91 Å². The number of thiazole rings is 1. The van der Waals surface area contributed by atoms with Crippen molar-refractivity contribution in [2.24, 2.45) is 9.98 Å². The molecule has 4 rings (SSSR count). The van der Waals surface area contributed by atoms with E-state index in [4.69, 9.17) is 0 Å². The number of hydrogen-bond donors (Lipinski definition) is 1. The number of carbonyl (C=O) groups excluding carboxylic acids is 2. The van der Waals surface area contributed by atoms with Gasteiger partial charge >= 0.3 is 0 Å². The van der Waals surface area contributed by atoms with Gasteiger partial charge < -0.3 is 5.32 Å². The van der Waals surface area contributed by atoms with Crippen molar-refractivity contribution in [3.8, 4) is 0 Å². The van der Waals surface area contributed by atoms with Crippen molar-refractivity contribution in [1.29, 1.82) is 0 Å². The van der Waals surface area contributed by atoms with Gasteiger partial charge in [-0.1, -0.05) is 18.7 Å². The topological polar surface area (TPSA) is 102 Å². The lowest BCUT2D eigenvalue weighted by molar-refractivity contribution is -0.113. The molecular formula is C18H14N6O2S. The molecule has 2 aromatic heterocycles. The number of anilines is 1. The Hall–Kier alpha value is -3.46. The predicted octanol–water partition coefficient (Wildman–Crippen LogP) is 2.81. The fourth-order valence-corrected chi connectivity index (χ4v) is 3.39. The van der Waals surface area contributed by atoms with E-state index in [2.05, 4.69) is 32.0 Å². The van der Waals surface area contributed by atoms with Gasteiger partial charge in [-0.15, -0.1) is 11.3 Å². The molecule has 0 aliphatic carbocycles. The minimum atomic E-state index is -0.478. The number of carbonyl (C=O) groups is 2. The maximum atomic E-state index is 12.6. The lowest BCUT2D eigenvalue weighted by Gasteiger charge is -2.12. The lowest BCUT2D eigenvalue weighted by Crippen LogP contribution is -2.25. The third kappa shape index (κ3) is 3.08. The van der Waals surface area contributed by atoms with Crippen LogP contribution in [0.15, 0.2) is 52.5 Å². The van der Waals surface area contributed by atoms with E-state index in [0.29, 0.717) is 22.2 Å². The number of hydrogen-bond acceptors (Lipinski definition) is 6. The normalized spacial score (nSPS) is 14.3. The molecule has 9 heteroatoms. The van der Waals surface area contributed by atoms with Crippen LogP contribution in [-0.4, -0.2) is 38.3 Å². The monoisotopic (exact) mass is 378 g/mol. The summed E-state index contributed by atoms with van der Waals surface area (Å²) in [5.74, 6) is -0.413. The molecule has 0 saturated heterocycles. The first-order chi connectivity index (χ1) is 12.9. The Kier molecular flexibility index (Phi) is 4.00. The van der Waals surface area contributed by atoms with Gasteiger partial charge in [0.15, 0.2) is 5.01 Å². The van der Waals surface area contributed by atoms with Crippen molar-refractivity contribution in [2.45, 2.75) is 13.8 Å². The fraction of sp³-hybridized carbons (Fsp3) is 0.111. The molecule has 1 aliphatic heterocycles. The first kappa shape index (κ1) is 17.0. The summed E-state index contributed by atoms with van der Waals surface area (Å²) < 4.78 is 2.25. The first-order valence-corrected chi connectivity index (χ1v) is 8.85. The number of nitrogens with zero attached hydrogens (tertiary/aromatic N) is 5. The number of para-hydroxylation sites is 1. The zero-order chi connectivity index (χ0) is 19.1. The Bertz CT molecular complexity index is 1150. The smallest absolute Gasteiger partial charge is 0.285 e. The van der Waals surface area contributed by atoms with Crippen LogP contribution in [0.1, 0.15) is 22.4 Å². The van der Waals surface area contributed by atoms with Gasteiger partial charge in [-0.25, -0.2) is 9.98 Å². The molecule has 0 saturated carbocycles. The molecule has 2 amide bonds. The van der Waals surface area contributed by atoms with Crippen molar-refractivity contribution in [3.63, 3.8) is 0 Å². The van der Waals surface area contributed by atoms with Gasteiger partial charge in [0, 0.05) is 6.07 Å². The summed E-state index contributed by atoms with van der Waals surface area (Å²) in [6.07, 6.45) is 0. The summed E-state index contributed by atoms with van der Waals surface area (Å²) in [5.41, 5.74) is 2.10. The van der Waals surface area contributed by atoms with E-state index in [-0.39, 0.29) is 17.4 Å². The second kappa shape index (κ2) is 6.36. The van der Waals surface area contributed by atoms with Crippen LogP contribution in [0.2, 0.25) is 0 Å². The molecule has 3 heterocycles. The largest absolute Gasteiger partial charge is 0.304 e. The average molecular weight is 378 g/mol. The van der Waals surface area contributed by atoms with E-state index in [0.717, 1.165) is 10.2 Å². The number of nitrogens with one attached hydrogen (secondary N) is 1. The zero-order valence-electron chi connectivity index (χ0n) is 14.6. The maximum Gasteiger partial charge on any atom is 0.285 e. The van der Waals surface area contributed by atoms with Gasteiger partial charge in [0.1, 0.15) is 5.82 Å². The van der Waals surface area contributed by atoms with E-state index in [1.54, 1.807) is 19.9 Å². The van der Waals surface area contributed by atoms with E-state index in [1.807, 2.05) is 24.3 Å². The average Bonchev–Trinajstić information content (AvgIpc) is 3.22. The number of benzene rings is 1. The van der Waals surface area contributed by atoms with Crippen molar-refractivity contribution in [1.82, 2.24) is 14.8 Å². The Morgan fingerprint density at radius 1 is 1.22 bits per heavy atom. The number of amides is 2. The van der Waals surface area contributed by atoms with E-state index >= 15 is 0 Å². The van der Waals surface area contributed by atoms with Crippen LogP contribution in [0.4, 0.5) is 5.82 Å². The van der Waals surface area contributed by atoms with Gasteiger partial charge in [-0.05, 0) is 26.0 Å². The second-order valence-electron chi connectivity index (χ2n) is 5.92. The molecule has 0 atom stereocenters. The summed E-state index contributed by atoms with van der Waals surface area (Å²) in [5, 5.41) is 7.39. The Balaban J connectivity index is 1.67. The summed E-state index contributed by atoms with van der Waals surface area (Å²) in [6, 6.07) is 9.20. The molecule has 0 unspecified atom stereocenters. The number of aryl methyl sites for hydroxylation is 1. The minimum Gasteiger partial charge on any atom is -0.304 e. The molecule has 0 spiro atoms. The number of rotatable bonds is 2. The van der Waals surface area contributed by atoms with Gasteiger partial charge in [0.2, 0.25) is 0 Å². The van der Waals surface area contributed by atoms with Gasteiger partial charge in [0.05, 0.1) is 27.2 Å². The molecule has 0 bridgehead atoms. The van der Waals surface area contributed by atoms with Crippen LogP contribution < -0.4 is 5.32 Å². The first-order valence-electron chi connectivity index (χ1n) is 8.04. The van der Waals surface area contributed by atoms with Crippen molar-refractivity contribution < 1.29 is 9.59 Å². The molecular weight excluding hydrogens is 364 g/mol. The Morgan fingerprint density at radius 2 is 2.00 bits per heavy atom.